The molecule has 0 fully saturated rings. The second-order valence-corrected chi connectivity index (χ2v) is 7.70. The molecule has 128 valence electrons. The third-order valence-electron chi connectivity index (χ3n) is 3.24. The lowest BCUT2D eigenvalue weighted by Crippen LogP contribution is -2.31. The van der Waals surface area contributed by atoms with Gasteiger partial charge in [-0.2, -0.15) is 10.5 Å². The zero-order valence-electron chi connectivity index (χ0n) is 13.0. The number of benzene rings is 1. The van der Waals surface area contributed by atoms with Crippen molar-refractivity contribution in [3.05, 3.63) is 52.2 Å². The van der Waals surface area contributed by atoms with E-state index in [1.165, 1.54) is 35.6 Å². The van der Waals surface area contributed by atoms with Gasteiger partial charge in [0, 0.05) is 17.0 Å². The third kappa shape index (κ3) is 4.88. The van der Waals surface area contributed by atoms with Crippen molar-refractivity contribution in [2.45, 2.75) is 11.4 Å². The quantitative estimate of drug-likeness (QED) is 0.741. The summed E-state index contributed by atoms with van der Waals surface area (Å²) in [7, 11) is -3.69. The Labute approximate surface area is 149 Å². The molecular weight excluding hydrogens is 360 g/mol. The number of nitrogens with one attached hydrogen (secondary N) is 1. The largest absolute Gasteiger partial charge is 0.312 e. The van der Waals surface area contributed by atoms with Crippen LogP contribution in [0, 0.1) is 22.7 Å². The first-order valence-corrected chi connectivity index (χ1v) is 9.49. The number of carbonyl (C=O) groups is 1. The van der Waals surface area contributed by atoms with Crippen molar-refractivity contribution in [3.8, 4) is 12.1 Å². The summed E-state index contributed by atoms with van der Waals surface area (Å²) in [6.45, 7) is -0.234. The molecule has 2 aromatic rings. The van der Waals surface area contributed by atoms with Crippen LogP contribution in [0.1, 0.15) is 15.2 Å². The van der Waals surface area contributed by atoms with Crippen molar-refractivity contribution in [2.24, 2.45) is 0 Å². The van der Waals surface area contributed by atoms with Crippen molar-refractivity contribution in [1.29, 1.82) is 10.5 Å². The molecule has 0 aliphatic heterocycles. The number of hydrogen-bond donors (Lipinski definition) is 1. The van der Waals surface area contributed by atoms with E-state index < -0.39 is 15.9 Å². The van der Waals surface area contributed by atoms with E-state index >= 15 is 0 Å². The third-order valence-corrected chi connectivity index (χ3v) is 5.53. The molecule has 25 heavy (non-hydrogen) atoms. The molecule has 0 aliphatic carbocycles. The molecule has 0 saturated carbocycles. The van der Waals surface area contributed by atoms with Crippen molar-refractivity contribution in [2.75, 3.05) is 13.1 Å². The molecule has 0 saturated heterocycles. The molecule has 0 spiro atoms. The molecule has 1 N–H and O–H groups in total. The monoisotopic (exact) mass is 374 g/mol. The molecule has 0 bridgehead atoms. The number of sulfonamides is 1. The molecule has 1 heterocycles. The summed E-state index contributed by atoms with van der Waals surface area (Å²) in [5.41, 5.74) is 0.211. The maximum absolute atomic E-state index is 12.3. The first kappa shape index (κ1) is 18.6. The molecule has 1 aromatic heterocycles. The van der Waals surface area contributed by atoms with Gasteiger partial charge in [-0.1, -0.05) is 6.07 Å². The fourth-order valence-electron chi connectivity index (χ4n) is 1.99. The van der Waals surface area contributed by atoms with E-state index in [1.54, 1.807) is 0 Å². The van der Waals surface area contributed by atoms with Gasteiger partial charge in [-0.25, -0.2) is 13.1 Å². The van der Waals surface area contributed by atoms with E-state index in [9.17, 15) is 13.2 Å². The van der Waals surface area contributed by atoms with E-state index in [4.69, 9.17) is 10.5 Å². The Hall–Kier alpha value is -2.72. The SMILES string of the molecule is N#CCN(CC#N)C(=O)c1ccc(S(=O)(=O)NCc2cccs2)cc1. The Morgan fingerprint density at radius 1 is 1.12 bits per heavy atom. The molecule has 2 rings (SSSR count). The van der Waals surface area contributed by atoms with Crippen LogP contribution in [0.5, 0.6) is 0 Å². The summed E-state index contributed by atoms with van der Waals surface area (Å²) < 4.78 is 27.0. The molecule has 0 radical (unpaired) electrons. The van der Waals surface area contributed by atoms with Gasteiger partial charge in [-0.15, -0.1) is 11.3 Å². The molecule has 9 heteroatoms. The Bertz CT molecular complexity index is 892. The highest BCUT2D eigenvalue weighted by Crippen LogP contribution is 2.14. The highest BCUT2D eigenvalue weighted by Gasteiger charge is 2.18. The summed E-state index contributed by atoms with van der Waals surface area (Å²) in [5, 5.41) is 19.3. The van der Waals surface area contributed by atoms with Gasteiger partial charge in [0.05, 0.1) is 17.0 Å². The summed E-state index contributed by atoms with van der Waals surface area (Å²) in [5.74, 6) is -0.501. The van der Waals surface area contributed by atoms with Gasteiger partial charge in [0.25, 0.3) is 5.91 Å². The standard InChI is InChI=1S/C16H14N4O3S2/c17-7-9-20(10-8-18)16(21)13-3-5-15(6-4-13)25(22,23)19-12-14-2-1-11-24-14/h1-6,11,19H,9-10,12H2. The predicted molar refractivity (Wildman–Crippen MR) is 91.9 cm³/mol. The summed E-state index contributed by atoms with van der Waals surface area (Å²) in [6, 6.07) is 12.7. The van der Waals surface area contributed by atoms with Crippen LogP contribution in [0.4, 0.5) is 0 Å². The number of carbonyl (C=O) groups excluding carboxylic acids is 1. The van der Waals surface area contributed by atoms with E-state index in [-0.39, 0.29) is 30.1 Å². The minimum absolute atomic E-state index is 0.0349. The van der Waals surface area contributed by atoms with Crippen molar-refractivity contribution >= 4 is 27.3 Å². The molecular formula is C16H14N4O3S2. The van der Waals surface area contributed by atoms with Gasteiger partial charge in [0.1, 0.15) is 13.1 Å². The molecule has 0 atom stereocenters. The number of nitriles is 2. The summed E-state index contributed by atoms with van der Waals surface area (Å²) in [4.78, 5) is 14.2. The second kappa shape index (κ2) is 8.40. The van der Waals surface area contributed by atoms with Gasteiger partial charge in [-0.05, 0) is 35.7 Å². The minimum Gasteiger partial charge on any atom is -0.312 e. The maximum atomic E-state index is 12.3. The number of thiophene rings is 1. The molecule has 1 amide bonds. The van der Waals surface area contributed by atoms with Crippen LogP contribution < -0.4 is 4.72 Å². The second-order valence-electron chi connectivity index (χ2n) is 4.91. The summed E-state index contributed by atoms with van der Waals surface area (Å²) in [6.07, 6.45) is 0. The van der Waals surface area contributed by atoms with E-state index in [2.05, 4.69) is 4.72 Å². The minimum atomic E-state index is -3.69. The zero-order chi connectivity index (χ0) is 18.3. The predicted octanol–water partition coefficient (Wildman–Crippen LogP) is 1.72. The number of rotatable bonds is 7. The van der Waals surface area contributed by atoms with Crippen LogP contribution in [0.25, 0.3) is 0 Å². The van der Waals surface area contributed by atoms with Gasteiger partial charge in [0.15, 0.2) is 0 Å². The molecule has 1 aromatic carbocycles. The van der Waals surface area contributed by atoms with Crippen LogP contribution in [0.3, 0.4) is 0 Å². The normalized spacial score (nSPS) is 10.6. The highest BCUT2D eigenvalue weighted by atomic mass is 32.2. The van der Waals surface area contributed by atoms with Gasteiger partial charge >= 0.3 is 0 Å². The van der Waals surface area contributed by atoms with Crippen molar-refractivity contribution in [3.63, 3.8) is 0 Å². The molecule has 7 nitrogen and oxygen atoms in total. The van der Waals surface area contributed by atoms with Crippen LogP contribution in [0.15, 0.2) is 46.7 Å². The first-order chi connectivity index (χ1) is 12.0. The van der Waals surface area contributed by atoms with E-state index in [1.807, 2.05) is 29.7 Å². The van der Waals surface area contributed by atoms with E-state index in [0.29, 0.717) is 0 Å². The van der Waals surface area contributed by atoms with Gasteiger partial charge < -0.3 is 4.90 Å². The molecule has 0 unspecified atom stereocenters. The lowest BCUT2D eigenvalue weighted by molar-refractivity contribution is 0.0794. The van der Waals surface area contributed by atoms with Crippen LogP contribution in [0.2, 0.25) is 0 Å². The fourth-order valence-corrected chi connectivity index (χ4v) is 3.73. The maximum Gasteiger partial charge on any atom is 0.255 e. The Kier molecular flexibility index (Phi) is 6.25. The smallest absolute Gasteiger partial charge is 0.255 e. The van der Waals surface area contributed by atoms with Crippen molar-refractivity contribution in [1.82, 2.24) is 9.62 Å². The fraction of sp³-hybridized carbons (Fsp3) is 0.188. The zero-order valence-corrected chi connectivity index (χ0v) is 14.7. The first-order valence-electron chi connectivity index (χ1n) is 7.13. The van der Waals surface area contributed by atoms with Crippen LogP contribution in [-0.2, 0) is 16.6 Å². The number of nitrogens with zero attached hydrogens (tertiary/aromatic N) is 3. The average molecular weight is 374 g/mol. The Morgan fingerprint density at radius 3 is 2.28 bits per heavy atom. The highest BCUT2D eigenvalue weighted by molar-refractivity contribution is 7.89. The van der Waals surface area contributed by atoms with Gasteiger partial charge in [0.2, 0.25) is 10.0 Å². The lowest BCUT2D eigenvalue weighted by atomic mass is 10.2. The lowest BCUT2D eigenvalue weighted by Gasteiger charge is -2.15. The Balaban J connectivity index is 2.11. The van der Waals surface area contributed by atoms with Crippen LogP contribution >= 0.6 is 11.3 Å². The molecule has 0 aliphatic rings. The average Bonchev–Trinajstić information content (AvgIpc) is 3.13. The number of hydrogen-bond acceptors (Lipinski definition) is 6. The number of amides is 1. The Morgan fingerprint density at radius 2 is 1.76 bits per heavy atom. The summed E-state index contributed by atoms with van der Waals surface area (Å²) >= 11 is 1.45. The van der Waals surface area contributed by atoms with Crippen LogP contribution in [-0.4, -0.2) is 32.3 Å². The van der Waals surface area contributed by atoms with E-state index in [0.717, 1.165) is 9.78 Å². The van der Waals surface area contributed by atoms with Crippen molar-refractivity contribution < 1.29 is 13.2 Å². The topological polar surface area (TPSA) is 114 Å². The van der Waals surface area contributed by atoms with Gasteiger partial charge in [-0.3, -0.25) is 4.79 Å².